The summed E-state index contributed by atoms with van der Waals surface area (Å²) in [5.41, 5.74) is 0.905. The maximum atomic E-state index is 12.8. The Kier molecular flexibility index (Phi) is 7.39. The number of nitrogens with one attached hydrogen (secondary N) is 2. The molecule has 2 amide bonds. The molecule has 0 aromatic heterocycles. The van der Waals surface area contributed by atoms with Gasteiger partial charge in [0.25, 0.3) is 5.91 Å². The first-order valence-electron chi connectivity index (χ1n) is 10.9. The van der Waals surface area contributed by atoms with Gasteiger partial charge in [0.15, 0.2) is 0 Å². The molecule has 0 spiro atoms. The predicted octanol–water partition coefficient (Wildman–Crippen LogP) is 4.26. The van der Waals surface area contributed by atoms with Crippen molar-refractivity contribution in [1.29, 1.82) is 5.26 Å². The van der Waals surface area contributed by atoms with Crippen molar-refractivity contribution in [2.75, 3.05) is 18.5 Å². The van der Waals surface area contributed by atoms with Gasteiger partial charge in [0, 0.05) is 24.2 Å². The molecule has 2 aromatic rings. The second kappa shape index (κ2) is 10.4. The SMILES string of the molecule is N#C[C@@H]1CCCN1C(=O)[C@@H]1CC[C@H](COc2cc(NC(=O)c3ccccc3)c(Cl)cc2Cl)N1. The van der Waals surface area contributed by atoms with Gasteiger partial charge < -0.3 is 15.0 Å². The van der Waals surface area contributed by atoms with E-state index in [1.165, 1.54) is 6.07 Å². The third kappa shape index (κ3) is 5.41. The Labute approximate surface area is 202 Å². The fraction of sp³-hybridized carbons (Fsp3) is 0.375. The van der Waals surface area contributed by atoms with Gasteiger partial charge in [-0.2, -0.15) is 5.26 Å². The van der Waals surface area contributed by atoms with E-state index < -0.39 is 0 Å². The van der Waals surface area contributed by atoms with Gasteiger partial charge in [0.1, 0.15) is 18.4 Å². The average molecular weight is 487 g/mol. The molecule has 7 nitrogen and oxygen atoms in total. The summed E-state index contributed by atoms with van der Waals surface area (Å²) < 4.78 is 5.92. The molecule has 3 atom stereocenters. The average Bonchev–Trinajstić information content (AvgIpc) is 3.49. The summed E-state index contributed by atoms with van der Waals surface area (Å²) in [5, 5.41) is 16.0. The van der Waals surface area contributed by atoms with Crippen molar-refractivity contribution >= 4 is 40.7 Å². The summed E-state index contributed by atoms with van der Waals surface area (Å²) in [7, 11) is 0. The number of nitrogens with zero attached hydrogens (tertiary/aromatic N) is 2. The Morgan fingerprint density at radius 1 is 1.15 bits per heavy atom. The lowest BCUT2D eigenvalue weighted by atomic mass is 10.1. The zero-order chi connectivity index (χ0) is 23.4. The van der Waals surface area contributed by atoms with Crippen molar-refractivity contribution < 1.29 is 14.3 Å². The van der Waals surface area contributed by atoms with E-state index in [-0.39, 0.29) is 29.9 Å². The van der Waals surface area contributed by atoms with Crippen LogP contribution in [0.25, 0.3) is 0 Å². The van der Waals surface area contributed by atoms with Crippen molar-refractivity contribution in [3.63, 3.8) is 0 Å². The zero-order valence-corrected chi connectivity index (χ0v) is 19.4. The summed E-state index contributed by atoms with van der Waals surface area (Å²) in [4.78, 5) is 26.9. The highest BCUT2D eigenvalue weighted by molar-refractivity contribution is 6.37. The minimum absolute atomic E-state index is 0.0167. The van der Waals surface area contributed by atoms with Gasteiger partial charge in [-0.15, -0.1) is 0 Å². The van der Waals surface area contributed by atoms with Gasteiger partial charge in [0.05, 0.1) is 27.8 Å². The molecule has 2 aliphatic rings. The van der Waals surface area contributed by atoms with Crippen LogP contribution in [0.5, 0.6) is 5.75 Å². The molecule has 9 heteroatoms. The predicted molar refractivity (Wildman–Crippen MR) is 127 cm³/mol. The molecule has 0 aliphatic carbocycles. The van der Waals surface area contributed by atoms with Crippen molar-refractivity contribution in [3.05, 3.63) is 58.1 Å². The molecule has 33 heavy (non-hydrogen) atoms. The molecule has 0 unspecified atom stereocenters. The Morgan fingerprint density at radius 3 is 2.70 bits per heavy atom. The molecular formula is C24H24Cl2N4O3. The molecule has 0 saturated carbocycles. The Morgan fingerprint density at radius 2 is 1.94 bits per heavy atom. The lowest BCUT2D eigenvalue weighted by molar-refractivity contribution is -0.133. The second-order valence-corrected chi connectivity index (χ2v) is 9.02. The largest absolute Gasteiger partial charge is 0.490 e. The minimum atomic E-state index is -0.327. The van der Waals surface area contributed by atoms with Gasteiger partial charge in [-0.25, -0.2) is 0 Å². The molecule has 0 bridgehead atoms. The first kappa shape index (κ1) is 23.4. The summed E-state index contributed by atoms with van der Waals surface area (Å²) in [6, 6.07) is 13.5. The third-order valence-electron chi connectivity index (χ3n) is 5.97. The Bertz CT molecular complexity index is 1070. The number of rotatable bonds is 6. The molecule has 2 saturated heterocycles. The first-order valence-corrected chi connectivity index (χ1v) is 11.7. The monoisotopic (exact) mass is 486 g/mol. The molecule has 0 radical (unpaired) electrons. The fourth-order valence-electron chi connectivity index (χ4n) is 4.22. The molecule has 2 fully saturated rings. The highest BCUT2D eigenvalue weighted by atomic mass is 35.5. The van der Waals surface area contributed by atoms with Crippen LogP contribution in [0, 0.1) is 11.3 Å². The van der Waals surface area contributed by atoms with Gasteiger partial charge in [-0.3, -0.25) is 14.9 Å². The summed E-state index contributed by atoms with van der Waals surface area (Å²) in [5.74, 6) is 0.0873. The maximum Gasteiger partial charge on any atom is 0.255 e. The molecule has 2 aliphatic heterocycles. The minimum Gasteiger partial charge on any atom is -0.490 e. The van der Waals surface area contributed by atoms with Crippen molar-refractivity contribution in [1.82, 2.24) is 10.2 Å². The topological polar surface area (TPSA) is 94.5 Å². The molecule has 2 N–H and O–H groups in total. The molecule has 2 heterocycles. The van der Waals surface area contributed by atoms with Crippen LogP contribution in [-0.4, -0.2) is 48.0 Å². The molecule has 172 valence electrons. The number of carbonyl (C=O) groups is 2. The number of benzene rings is 2. The molecular weight excluding hydrogens is 463 g/mol. The summed E-state index contributed by atoms with van der Waals surface area (Å²) >= 11 is 12.6. The van der Waals surface area contributed by atoms with E-state index in [9.17, 15) is 14.9 Å². The van der Waals surface area contributed by atoms with Crippen LogP contribution in [0.3, 0.4) is 0 Å². The number of halogens is 2. The lowest BCUT2D eigenvalue weighted by Gasteiger charge is -2.24. The van der Waals surface area contributed by atoms with Crippen LogP contribution < -0.4 is 15.4 Å². The second-order valence-electron chi connectivity index (χ2n) is 8.21. The van der Waals surface area contributed by atoms with Gasteiger partial charge in [0.2, 0.25) is 5.91 Å². The van der Waals surface area contributed by atoms with E-state index in [0.717, 1.165) is 19.3 Å². The first-order chi connectivity index (χ1) is 16.0. The Hall–Kier alpha value is -2.79. The third-order valence-corrected chi connectivity index (χ3v) is 6.58. The number of nitriles is 1. The van der Waals surface area contributed by atoms with Gasteiger partial charge in [-0.05, 0) is 43.9 Å². The molecule has 2 aromatic carbocycles. The van der Waals surface area contributed by atoms with E-state index in [2.05, 4.69) is 16.7 Å². The lowest BCUT2D eigenvalue weighted by Crippen LogP contribution is -2.47. The number of carbonyl (C=O) groups excluding carboxylic acids is 2. The number of anilines is 1. The van der Waals surface area contributed by atoms with Crippen LogP contribution in [0.2, 0.25) is 10.0 Å². The highest BCUT2D eigenvalue weighted by Crippen LogP contribution is 2.35. The van der Waals surface area contributed by atoms with Crippen LogP contribution in [-0.2, 0) is 4.79 Å². The van der Waals surface area contributed by atoms with Crippen LogP contribution >= 0.6 is 23.2 Å². The quantitative estimate of drug-likeness (QED) is 0.635. The van der Waals surface area contributed by atoms with E-state index in [0.29, 0.717) is 46.6 Å². The van der Waals surface area contributed by atoms with Crippen molar-refractivity contribution in [2.45, 2.75) is 43.8 Å². The molecule has 4 rings (SSSR count). The van der Waals surface area contributed by atoms with Crippen molar-refractivity contribution in [2.24, 2.45) is 0 Å². The fourth-order valence-corrected chi connectivity index (χ4v) is 4.70. The maximum absolute atomic E-state index is 12.8. The Balaban J connectivity index is 1.36. The summed E-state index contributed by atoms with van der Waals surface area (Å²) in [6.45, 7) is 0.938. The number of likely N-dealkylation sites (tertiary alicyclic amines) is 1. The van der Waals surface area contributed by atoms with Gasteiger partial charge >= 0.3 is 0 Å². The highest BCUT2D eigenvalue weighted by Gasteiger charge is 2.37. The zero-order valence-electron chi connectivity index (χ0n) is 17.9. The number of hydrogen-bond donors (Lipinski definition) is 2. The normalized spacial score (nSPS) is 22.1. The van der Waals surface area contributed by atoms with E-state index >= 15 is 0 Å². The van der Waals surface area contributed by atoms with E-state index in [1.807, 2.05) is 6.07 Å². The van der Waals surface area contributed by atoms with Crippen LogP contribution in [0.1, 0.15) is 36.0 Å². The summed E-state index contributed by atoms with van der Waals surface area (Å²) in [6.07, 6.45) is 3.06. The van der Waals surface area contributed by atoms with E-state index in [1.54, 1.807) is 35.2 Å². The van der Waals surface area contributed by atoms with Crippen molar-refractivity contribution in [3.8, 4) is 11.8 Å². The van der Waals surface area contributed by atoms with E-state index in [4.69, 9.17) is 27.9 Å². The number of amides is 2. The van der Waals surface area contributed by atoms with Gasteiger partial charge in [-0.1, -0.05) is 41.4 Å². The standard InChI is InChI=1S/C24H24Cl2N4O3/c25-18-11-19(26)22(12-21(18)29-23(31)15-5-2-1-3-6-15)33-14-16-8-9-20(28-16)24(32)30-10-4-7-17(30)13-27/h1-3,5-6,11-12,16-17,20,28H,4,7-10,14H2,(H,29,31)/t16-,17+,20+/m1/s1. The number of ether oxygens (including phenoxy) is 1. The van der Waals surface area contributed by atoms with Crippen LogP contribution in [0.4, 0.5) is 5.69 Å². The van der Waals surface area contributed by atoms with Crippen LogP contribution in [0.15, 0.2) is 42.5 Å². The smallest absolute Gasteiger partial charge is 0.255 e. The number of hydrogen-bond acceptors (Lipinski definition) is 5.